The van der Waals surface area contributed by atoms with Crippen molar-refractivity contribution in [2.75, 3.05) is 31.1 Å². The average molecular weight is 442 g/mol. The minimum Gasteiger partial charge on any atom is -0.760 e. The van der Waals surface area contributed by atoms with Crippen LogP contribution in [-0.4, -0.2) is 56.3 Å². The summed E-state index contributed by atoms with van der Waals surface area (Å²) in [6.07, 6.45) is 4.02. The van der Waals surface area contributed by atoms with Crippen LogP contribution in [0.25, 0.3) is 0 Å². The summed E-state index contributed by atoms with van der Waals surface area (Å²) in [5, 5.41) is 0. The van der Waals surface area contributed by atoms with Crippen LogP contribution in [-0.2, 0) is 22.6 Å². The highest BCUT2D eigenvalue weighted by molar-refractivity contribution is 7.76. The number of halogens is 1. The van der Waals surface area contributed by atoms with Gasteiger partial charge in [0, 0.05) is 49.2 Å². The Kier molecular flexibility index (Phi) is 7.56. The molecule has 1 amide bonds. The zero-order chi connectivity index (χ0) is 21.7. The van der Waals surface area contributed by atoms with Gasteiger partial charge in [0.15, 0.2) is 17.6 Å². The molecule has 0 saturated carbocycles. The Bertz CT molecular complexity index is 806. The maximum atomic E-state index is 14.9. The number of pyridine rings is 1. The number of rotatable bonds is 5. The maximum absolute atomic E-state index is 14.9. The number of ether oxygens (including phenoxy) is 1. The van der Waals surface area contributed by atoms with Gasteiger partial charge in [-0.1, -0.05) is 0 Å². The van der Waals surface area contributed by atoms with E-state index in [1.807, 2.05) is 4.90 Å². The van der Waals surface area contributed by atoms with E-state index in [1.54, 1.807) is 0 Å². The lowest BCUT2D eigenvalue weighted by Crippen LogP contribution is -2.41. The minimum absolute atomic E-state index is 0.194. The van der Waals surface area contributed by atoms with Crippen molar-refractivity contribution in [3.8, 4) is 0 Å². The van der Waals surface area contributed by atoms with Crippen LogP contribution in [0.2, 0.25) is 0 Å². The summed E-state index contributed by atoms with van der Waals surface area (Å²) >= 11 is -2.14. The van der Waals surface area contributed by atoms with Gasteiger partial charge in [-0.05, 0) is 43.6 Å². The second-order valence-corrected chi connectivity index (χ2v) is 8.46. The summed E-state index contributed by atoms with van der Waals surface area (Å²) < 4.78 is 43.3. The average Bonchev–Trinajstić information content (AvgIpc) is 2.73. The summed E-state index contributed by atoms with van der Waals surface area (Å²) in [5.41, 5.74) is 10.4. The van der Waals surface area contributed by atoms with Crippen molar-refractivity contribution in [1.29, 1.82) is 0 Å². The molecule has 3 heterocycles. The Morgan fingerprint density at radius 3 is 2.40 bits per heavy atom. The number of aromatic nitrogens is 1. The van der Waals surface area contributed by atoms with Crippen LogP contribution in [0.4, 0.5) is 15.0 Å². The molecule has 0 spiro atoms. The fourth-order valence-electron chi connectivity index (χ4n) is 4.16. The first kappa shape index (κ1) is 22.4. The molecule has 0 radical (unpaired) electrons. The molecule has 1 aromatic rings. The minimum atomic E-state index is -2.14. The molecule has 1 aromatic heterocycles. The van der Waals surface area contributed by atoms with Crippen LogP contribution in [0.3, 0.4) is 0 Å². The van der Waals surface area contributed by atoms with Gasteiger partial charge in [0.2, 0.25) is 0 Å². The number of piperidine rings is 2. The lowest BCUT2D eigenvalue weighted by molar-refractivity contribution is 0.149. The molecule has 2 aliphatic heterocycles. The number of anilines is 1. The zero-order valence-electron chi connectivity index (χ0n) is 16.5. The second-order valence-electron chi connectivity index (χ2n) is 7.51. The lowest BCUT2D eigenvalue weighted by atomic mass is 9.79. The number of carbonyl (C=O) groups is 1. The van der Waals surface area contributed by atoms with Gasteiger partial charge in [-0.2, -0.15) is 0 Å². The molecule has 4 N–H and O–H groups in total. The zero-order valence-corrected chi connectivity index (χ0v) is 17.4. The molecule has 166 valence electrons. The van der Waals surface area contributed by atoms with Gasteiger partial charge < -0.3 is 25.7 Å². The number of nitrogens with zero attached hydrogens (tertiary/aromatic N) is 4. The van der Waals surface area contributed by atoms with E-state index >= 15 is 0 Å². The SMILES string of the molecule is NC(N)=NC(=O)OCc1ccnc(N2CCC(C3CCN(S(=O)[O-])CC3)CC2)c1F. The number of hydrogen-bond acceptors (Lipinski definition) is 6. The Labute approximate surface area is 176 Å². The largest absolute Gasteiger partial charge is 0.760 e. The van der Waals surface area contributed by atoms with E-state index in [-0.39, 0.29) is 18.0 Å². The van der Waals surface area contributed by atoms with Gasteiger partial charge in [0.25, 0.3) is 0 Å². The second kappa shape index (κ2) is 10.1. The van der Waals surface area contributed by atoms with Crippen molar-refractivity contribution in [3.63, 3.8) is 0 Å². The van der Waals surface area contributed by atoms with Crippen molar-refractivity contribution < 1.29 is 22.7 Å². The van der Waals surface area contributed by atoms with E-state index in [9.17, 15) is 17.9 Å². The molecule has 0 aromatic carbocycles. The number of nitrogens with two attached hydrogens (primary N) is 2. The fourth-order valence-corrected chi connectivity index (χ4v) is 4.67. The highest BCUT2D eigenvalue weighted by atomic mass is 32.2. The van der Waals surface area contributed by atoms with Crippen LogP contribution in [0.1, 0.15) is 31.2 Å². The third kappa shape index (κ3) is 5.64. The third-order valence-electron chi connectivity index (χ3n) is 5.74. The quantitative estimate of drug-likeness (QED) is 0.388. The van der Waals surface area contributed by atoms with E-state index in [0.717, 1.165) is 25.7 Å². The number of hydrogen-bond donors (Lipinski definition) is 2. The Morgan fingerprint density at radius 2 is 1.83 bits per heavy atom. The predicted molar refractivity (Wildman–Crippen MR) is 108 cm³/mol. The molecule has 2 saturated heterocycles. The number of guanidine groups is 1. The highest BCUT2D eigenvalue weighted by Gasteiger charge is 2.31. The standard InChI is InChI=1S/C18H27FN6O4S/c19-15-14(11-29-18(26)23-17(20)21)1-6-22-16(15)24-7-2-12(3-8-24)13-4-9-25(10-5-13)30(27)28/h1,6,12-13H,2-5,7-11H2,(H,27,28)(H4,20,21,23,26)/p-1. The van der Waals surface area contributed by atoms with Crippen molar-refractivity contribution in [3.05, 3.63) is 23.6 Å². The monoisotopic (exact) mass is 441 g/mol. The van der Waals surface area contributed by atoms with E-state index in [1.165, 1.54) is 16.6 Å². The third-order valence-corrected chi connectivity index (χ3v) is 6.52. The molecule has 10 nitrogen and oxygen atoms in total. The van der Waals surface area contributed by atoms with Gasteiger partial charge in [-0.3, -0.25) is 4.21 Å². The van der Waals surface area contributed by atoms with Crippen molar-refractivity contribution in [1.82, 2.24) is 9.29 Å². The summed E-state index contributed by atoms with van der Waals surface area (Å²) in [7, 11) is 0. The molecule has 30 heavy (non-hydrogen) atoms. The van der Waals surface area contributed by atoms with Crippen molar-refractivity contribution in [2.24, 2.45) is 28.3 Å². The van der Waals surface area contributed by atoms with Crippen molar-refractivity contribution in [2.45, 2.75) is 32.3 Å². The first-order valence-corrected chi connectivity index (χ1v) is 10.9. The Balaban J connectivity index is 1.55. The number of aliphatic imine (C=N–C) groups is 1. The van der Waals surface area contributed by atoms with Crippen LogP contribution in [0.15, 0.2) is 17.3 Å². The molecular formula is C18H26FN6O4S-. The van der Waals surface area contributed by atoms with Crippen molar-refractivity contribution >= 4 is 29.1 Å². The van der Waals surface area contributed by atoms with Crippen LogP contribution >= 0.6 is 0 Å². The van der Waals surface area contributed by atoms with E-state index < -0.39 is 29.1 Å². The van der Waals surface area contributed by atoms with E-state index in [4.69, 9.17) is 16.2 Å². The van der Waals surface area contributed by atoms with Crippen LogP contribution in [0.5, 0.6) is 0 Å². The molecule has 3 rings (SSSR count). The smallest absolute Gasteiger partial charge is 0.437 e. The van der Waals surface area contributed by atoms with Gasteiger partial charge in [0.1, 0.15) is 6.61 Å². The van der Waals surface area contributed by atoms with Crippen LogP contribution < -0.4 is 16.4 Å². The summed E-state index contributed by atoms with van der Waals surface area (Å²) in [5.74, 6) is 0.270. The molecule has 2 fully saturated rings. The fraction of sp³-hybridized carbons (Fsp3) is 0.611. The molecule has 0 aliphatic carbocycles. The normalized spacial score (nSPS) is 20.0. The molecule has 12 heteroatoms. The molecule has 1 atom stereocenters. The topological polar surface area (TPSA) is 150 Å². The van der Waals surface area contributed by atoms with Gasteiger partial charge in [0.05, 0.1) is 0 Å². The summed E-state index contributed by atoms with van der Waals surface area (Å²) in [6.45, 7) is 2.17. The van der Waals surface area contributed by atoms with Crippen LogP contribution in [0, 0.1) is 17.7 Å². The Hall–Kier alpha value is -2.31. The first-order chi connectivity index (χ1) is 14.3. The summed E-state index contributed by atoms with van der Waals surface area (Å²) in [6, 6.07) is 1.45. The molecule has 0 bridgehead atoms. The predicted octanol–water partition coefficient (Wildman–Crippen LogP) is 0.853. The molecular weight excluding hydrogens is 415 g/mol. The molecule has 1 unspecified atom stereocenters. The van der Waals surface area contributed by atoms with Gasteiger partial charge >= 0.3 is 6.09 Å². The van der Waals surface area contributed by atoms with E-state index in [0.29, 0.717) is 38.0 Å². The van der Waals surface area contributed by atoms with Gasteiger partial charge in [-0.15, -0.1) is 4.99 Å². The first-order valence-electron chi connectivity index (χ1n) is 9.84. The van der Waals surface area contributed by atoms with Gasteiger partial charge in [-0.25, -0.2) is 18.5 Å². The number of carbonyl (C=O) groups excluding carboxylic acids is 1. The molecule has 2 aliphatic rings. The number of amides is 1. The highest BCUT2D eigenvalue weighted by Crippen LogP contribution is 2.34. The summed E-state index contributed by atoms with van der Waals surface area (Å²) in [4.78, 5) is 20.7. The van der Waals surface area contributed by atoms with E-state index in [2.05, 4.69) is 9.98 Å². The maximum Gasteiger partial charge on any atom is 0.437 e. The lowest BCUT2D eigenvalue weighted by Gasteiger charge is -2.40. The Morgan fingerprint density at radius 1 is 1.23 bits per heavy atom.